The molecule has 0 fully saturated rings. The zero-order valence-corrected chi connectivity index (χ0v) is 10.9. The summed E-state index contributed by atoms with van der Waals surface area (Å²) in [5.74, 6) is 0. The van der Waals surface area contributed by atoms with Crippen molar-refractivity contribution < 1.29 is 0 Å². The maximum Gasteiger partial charge on any atom is 0.0752 e. The molecule has 0 atom stereocenters. The van der Waals surface area contributed by atoms with Gasteiger partial charge in [-0.15, -0.1) is 0 Å². The number of rotatable bonds is 0. The topological polar surface area (TPSA) is 62.2 Å². The van der Waals surface area contributed by atoms with Gasteiger partial charge in [-0.05, 0) is 35.4 Å². The third-order valence-electron chi connectivity index (χ3n) is 3.82. The highest BCUT2D eigenvalue weighted by Gasteiger charge is 2.20. The highest BCUT2D eigenvalue weighted by Crippen LogP contribution is 2.39. The van der Waals surface area contributed by atoms with E-state index in [2.05, 4.69) is 6.07 Å². The van der Waals surface area contributed by atoms with Gasteiger partial charge in [0.2, 0.25) is 0 Å². The van der Waals surface area contributed by atoms with E-state index >= 15 is 0 Å². The van der Waals surface area contributed by atoms with Gasteiger partial charge in [0.15, 0.2) is 0 Å². The van der Waals surface area contributed by atoms with Crippen molar-refractivity contribution in [3.63, 3.8) is 0 Å². The van der Waals surface area contributed by atoms with Crippen LogP contribution in [0, 0.1) is 5.41 Å². The quantitative estimate of drug-likeness (QED) is 0.551. The SMILES string of the molecule is N=C1C=CC2=Nc3c(cc(N)c4ccccc34)CC2=C1. The molecule has 2 aromatic rings. The predicted octanol–water partition coefficient (Wildman–Crippen LogP) is 3.57. The first-order valence-electron chi connectivity index (χ1n) is 6.59. The monoisotopic (exact) mass is 259 g/mol. The lowest BCUT2D eigenvalue weighted by atomic mass is 9.89. The standard InChI is InChI=1S/C17H13N3/c18-12-5-6-16-10(8-12)7-11-9-15(19)13-3-1-2-4-14(13)17(11)20-16/h1-6,8-9,18H,7,19H2. The molecule has 3 N–H and O–H groups in total. The average Bonchev–Trinajstić information content (AvgIpc) is 2.46. The van der Waals surface area contributed by atoms with Crippen LogP contribution in [0.1, 0.15) is 5.56 Å². The van der Waals surface area contributed by atoms with Crippen molar-refractivity contribution in [1.29, 1.82) is 5.41 Å². The molecule has 0 aromatic heterocycles. The number of hydrogen-bond donors (Lipinski definition) is 2. The second-order valence-corrected chi connectivity index (χ2v) is 5.15. The number of aliphatic imine (C=N–C) groups is 1. The van der Waals surface area contributed by atoms with E-state index in [0.29, 0.717) is 5.71 Å². The molecule has 1 aliphatic heterocycles. The van der Waals surface area contributed by atoms with Crippen LogP contribution < -0.4 is 5.73 Å². The highest BCUT2D eigenvalue weighted by atomic mass is 14.8. The first-order valence-corrected chi connectivity index (χ1v) is 6.59. The van der Waals surface area contributed by atoms with Crippen LogP contribution in [0.25, 0.3) is 10.8 Å². The molecule has 2 aliphatic rings. The lowest BCUT2D eigenvalue weighted by Crippen LogP contribution is -2.13. The Balaban J connectivity index is 2.04. The van der Waals surface area contributed by atoms with Crippen LogP contribution in [-0.2, 0) is 6.42 Å². The number of nitrogen functional groups attached to an aromatic ring is 1. The molecule has 0 saturated heterocycles. The minimum Gasteiger partial charge on any atom is -0.398 e. The first-order chi connectivity index (χ1) is 9.72. The highest BCUT2D eigenvalue weighted by molar-refractivity contribution is 6.23. The van der Waals surface area contributed by atoms with Crippen LogP contribution in [0.2, 0.25) is 0 Å². The van der Waals surface area contributed by atoms with Crippen molar-refractivity contribution in [2.75, 3.05) is 5.73 Å². The summed E-state index contributed by atoms with van der Waals surface area (Å²) in [5.41, 5.74) is 11.7. The molecule has 1 aliphatic carbocycles. The van der Waals surface area contributed by atoms with Crippen molar-refractivity contribution in [3.05, 3.63) is 59.7 Å². The van der Waals surface area contributed by atoms with Crippen LogP contribution in [0.3, 0.4) is 0 Å². The van der Waals surface area contributed by atoms with Gasteiger partial charge in [-0.25, -0.2) is 4.99 Å². The molecule has 20 heavy (non-hydrogen) atoms. The van der Waals surface area contributed by atoms with E-state index in [0.717, 1.165) is 45.4 Å². The second kappa shape index (κ2) is 3.90. The molecule has 0 amide bonds. The summed E-state index contributed by atoms with van der Waals surface area (Å²) in [4.78, 5) is 4.78. The largest absolute Gasteiger partial charge is 0.398 e. The molecule has 4 rings (SSSR count). The third-order valence-corrected chi connectivity index (χ3v) is 3.82. The zero-order chi connectivity index (χ0) is 13.7. The van der Waals surface area contributed by atoms with Crippen LogP contribution in [0.4, 0.5) is 11.4 Å². The fraction of sp³-hybridized carbons (Fsp3) is 0.0588. The molecular weight excluding hydrogens is 246 g/mol. The minimum absolute atomic E-state index is 0.524. The lowest BCUT2D eigenvalue weighted by molar-refractivity contribution is 1.18. The Kier molecular flexibility index (Phi) is 2.18. The number of allylic oxidation sites excluding steroid dienone is 4. The van der Waals surface area contributed by atoms with Gasteiger partial charge >= 0.3 is 0 Å². The van der Waals surface area contributed by atoms with Crippen molar-refractivity contribution in [1.82, 2.24) is 0 Å². The zero-order valence-electron chi connectivity index (χ0n) is 10.9. The van der Waals surface area contributed by atoms with Gasteiger partial charge in [-0.2, -0.15) is 0 Å². The first kappa shape index (κ1) is 11.2. The Labute approximate surface area is 116 Å². The number of hydrogen-bond acceptors (Lipinski definition) is 3. The summed E-state index contributed by atoms with van der Waals surface area (Å²) >= 11 is 0. The summed E-state index contributed by atoms with van der Waals surface area (Å²) in [6, 6.07) is 10.1. The smallest absolute Gasteiger partial charge is 0.0752 e. The fourth-order valence-electron chi connectivity index (χ4n) is 2.88. The van der Waals surface area contributed by atoms with Gasteiger partial charge in [-0.3, -0.25) is 0 Å². The summed E-state index contributed by atoms with van der Waals surface area (Å²) in [5, 5.41) is 9.88. The molecule has 0 saturated carbocycles. The van der Waals surface area contributed by atoms with E-state index in [9.17, 15) is 0 Å². The lowest BCUT2D eigenvalue weighted by Gasteiger charge is -2.21. The van der Waals surface area contributed by atoms with Crippen LogP contribution in [0.15, 0.2) is 59.1 Å². The summed E-state index contributed by atoms with van der Waals surface area (Å²) < 4.78 is 0. The van der Waals surface area contributed by atoms with Crippen LogP contribution in [-0.4, -0.2) is 11.4 Å². The Bertz CT molecular complexity index is 854. The Morgan fingerprint density at radius 2 is 1.90 bits per heavy atom. The normalized spacial score (nSPS) is 16.5. The number of nitrogens with zero attached hydrogens (tertiary/aromatic N) is 1. The van der Waals surface area contributed by atoms with Gasteiger partial charge in [-0.1, -0.05) is 24.3 Å². The maximum absolute atomic E-state index is 7.73. The van der Waals surface area contributed by atoms with E-state index in [1.54, 1.807) is 6.08 Å². The molecule has 0 unspecified atom stereocenters. The van der Waals surface area contributed by atoms with Gasteiger partial charge in [0.1, 0.15) is 0 Å². The molecule has 0 radical (unpaired) electrons. The molecule has 3 heteroatoms. The Morgan fingerprint density at radius 3 is 2.75 bits per heavy atom. The maximum atomic E-state index is 7.73. The van der Waals surface area contributed by atoms with Crippen molar-refractivity contribution in [2.45, 2.75) is 6.42 Å². The van der Waals surface area contributed by atoms with Gasteiger partial charge in [0, 0.05) is 22.9 Å². The van der Waals surface area contributed by atoms with Crippen molar-refractivity contribution in [2.24, 2.45) is 4.99 Å². The molecule has 1 heterocycles. The predicted molar refractivity (Wildman–Crippen MR) is 84.1 cm³/mol. The molecule has 96 valence electrons. The summed E-state index contributed by atoms with van der Waals surface area (Å²) in [7, 11) is 0. The second-order valence-electron chi connectivity index (χ2n) is 5.15. The number of anilines is 1. The minimum atomic E-state index is 0.524. The van der Waals surface area contributed by atoms with Gasteiger partial charge < -0.3 is 11.1 Å². The van der Waals surface area contributed by atoms with Crippen molar-refractivity contribution in [3.8, 4) is 0 Å². The van der Waals surface area contributed by atoms with E-state index in [4.69, 9.17) is 16.1 Å². The Hall–Kier alpha value is -2.68. The van der Waals surface area contributed by atoms with Crippen LogP contribution >= 0.6 is 0 Å². The number of nitrogens with one attached hydrogen (secondary N) is 1. The molecule has 0 spiro atoms. The molecule has 2 aromatic carbocycles. The average molecular weight is 259 g/mol. The fourth-order valence-corrected chi connectivity index (χ4v) is 2.88. The van der Waals surface area contributed by atoms with Crippen LogP contribution in [0.5, 0.6) is 0 Å². The summed E-state index contributed by atoms with van der Waals surface area (Å²) in [6.45, 7) is 0. The molecule has 3 nitrogen and oxygen atoms in total. The van der Waals surface area contributed by atoms with Gasteiger partial charge in [0.05, 0.1) is 17.1 Å². The van der Waals surface area contributed by atoms with E-state index in [1.165, 1.54) is 0 Å². The summed E-state index contributed by atoms with van der Waals surface area (Å²) in [6.07, 6.45) is 6.38. The van der Waals surface area contributed by atoms with E-state index < -0.39 is 0 Å². The Morgan fingerprint density at radius 1 is 1.10 bits per heavy atom. The third kappa shape index (κ3) is 1.53. The molecular formula is C17H13N3. The number of nitrogens with two attached hydrogens (primary N) is 1. The molecule has 0 bridgehead atoms. The van der Waals surface area contributed by atoms with Crippen molar-refractivity contribution >= 4 is 33.6 Å². The van der Waals surface area contributed by atoms with E-state index in [1.807, 2.05) is 36.4 Å². The van der Waals surface area contributed by atoms with Gasteiger partial charge in [0.25, 0.3) is 0 Å². The number of benzene rings is 2. The van der Waals surface area contributed by atoms with E-state index in [-0.39, 0.29) is 0 Å². The number of fused-ring (bicyclic) bond motifs is 4.